The number of amides is 1. The molecule has 0 aromatic carbocycles. The molecule has 0 bridgehead atoms. The van der Waals surface area contributed by atoms with Gasteiger partial charge >= 0.3 is 12.1 Å². The van der Waals surface area contributed by atoms with Crippen LogP contribution in [0.15, 0.2) is 0 Å². The lowest BCUT2D eigenvalue weighted by Gasteiger charge is -2.37. The van der Waals surface area contributed by atoms with E-state index in [9.17, 15) is 14.4 Å². The molecular weight excluding hydrogens is 202 g/mol. The molecule has 15 heavy (non-hydrogen) atoms. The molecule has 1 rings (SSSR count). The summed E-state index contributed by atoms with van der Waals surface area (Å²) in [6.07, 6.45) is 0.106. The first kappa shape index (κ1) is 11.5. The molecule has 1 saturated heterocycles. The molecule has 0 spiro atoms. The average molecular weight is 215 g/mol. The van der Waals surface area contributed by atoms with E-state index in [1.165, 1.54) is 0 Å². The summed E-state index contributed by atoms with van der Waals surface area (Å²) in [7, 11) is 0. The minimum absolute atomic E-state index is 0.101. The number of carboxylic acids is 1. The van der Waals surface area contributed by atoms with Crippen LogP contribution in [0, 0.1) is 5.41 Å². The van der Waals surface area contributed by atoms with Crippen molar-refractivity contribution in [1.29, 1.82) is 0 Å². The Bertz CT molecular complexity index is 290. The van der Waals surface area contributed by atoms with Gasteiger partial charge in [0.25, 0.3) is 0 Å². The summed E-state index contributed by atoms with van der Waals surface area (Å²) in [5.74, 6) is -1.10. The fourth-order valence-electron chi connectivity index (χ4n) is 1.88. The second-order valence-electron chi connectivity index (χ2n) is 3.76. The Morgan fingerprint density at radius 3 is 2.53 bits per heavy atom. The van der Waals surface area contributed by atoms with E-state index < -0.39 is 17.5 Å². The fraction of sp³-hybridized carbons (Fsp3) is 0.667. The van der Waals surface area contributed by atoms with Crippen LogP contribution in [0.3, 0.4) is 0 Å². The van der Waals surface area contributed by atoms with Gasteiger partial charge in [-0.2, -0.15) is 0 Å². The average Bonchev–Trinajstić information content (AvgIpc) is 2.18. The summed E-state index contributed by atoms with van der Waals surface area (Å²) in [4.78, 5) is 33.3. The van der Waals surface area contributed by atoms with E-state index in [1.807, 2.05) is 0 Å². The van der Waals surface area contributed by atoms with Crippen LogP contribution in [0.1, 0.15) is 19.3 Å². The Morgan fingerprint density at radius 1 is 1.40 bits per heavy atom. The highest BCUT2D eigenvalue weighted by atomic mass is 16.4. The highest BCUT2D eigenvalue weighted by molar-refractivity contribution is 5.79. The first-order valence-electron chi connectivity index (χ1n) is 4.67. The normalized spacial score (nSPS) is 26.0. The molecular formula is C9H13NO5. The molecule has 0 aromatic rings. The third-order valence-corrected chi connectivity index (χ3v) is 2.78. The predicted octanol–water partition coefficient (Wildman–Crippen LogP) is 0.420. The van der Waals surface area contributed by atoms with Gasteiger partial charge in [0.1, 0.15) is 6.29 Å². The molecule has 6 heteroatoms. The Hall–Kier alpha value is -1.59. The van der Waals surface area contributed by atoms with Gasteiger partial charge in [0.15, 0.2) is 0 Å². The van der Waals surface area contributed by atoms with E-state index in [2.05, 4.69) is 0 Å². The Balaban J connectivity index is 2.84. The van der Waals surface area contributed by atoms with E-state index >= 15 is 0 Å². The molecule has 6 nitrogen and oxygen atoms in total. The second kappa shape index (κ2) is 4.29. The highest BCUT2D eigenvalue weighted by Gasteiger charge is 2.43. The van der Waals surface area contributed by atoms with E-state index in [0.717, 1.165) is 4.90 Å². The van der Waals surface area contributed by atoms with Crippen molar-refractivity contribution in [1.82, 2.24) is 4.90 Å². The summed E-state index contributed by atoms with van der Waals surface area (Å²) >= 11 is 0. The highest BCUT2D eigenvalue weighted by Crippen LogP contribution is 2.33. The molecule has 1 aliphatic rings. The smallest absolute Gasteiger partial charge is 0.407 e. The van der Waals surface area contributed by atoms with E-state index in [1.54, 1.807) is 0 Å². The standard InChI is InChI=1S/C9H13NO5/c11-5-3-9(7(12)13)2-1-4-10(6-9)8(14)15/h5H,1-4,6H2,(H,12,13)(H,14,15). The SMILES string of the molecule is O=CCC1(C(=O)O)CCCN(C(=O)O)C1. The third kappa shape index (κ3) is 2.26. The molecule has 1 aliphatic heterocycles. The lowest BCUT2D eigenvalue weighted by Crippen LogP contribution is -2.49. The van der Waals surface area contributed by atoms with Crippen LogP contribution in [0.4, 0.5) is 4.79 Å². The van der Waals surface area contributed by atoms with Gasteiger partial charge in [-0.15, -0.1) is 0 Å². The van der Waals surface area contributed by atoms with Gasteiger partial charge in [-0.3, -0.25) is 4.79 Å². The number of hydrogen-bond acceptors (Lipinski definition) is 3. The monoisotopic (exact) mass is 215 g/mol. The van der Waals surface area contributed by atoms with E-state index in [4.69, 9.17) is 10.2 Å². The van der Waals surface area contributed by atoms with Crippen molar-refractivity contribution >= 4 is 18.3 Å². The summed E-state index contributed by atoms with van der Waals surface area (Å²) in [6, 6.07) is 0. The van der Waals surface area contributed by atoms with Gasteiger partial charge in [-0.1, -0.05) is 0 Å². The van der Waals surface area contributed by atoms with Crippen molar-refractivity contribution in [3.05, 3.63) is 0 Å². The van der Waals surface area contributed by atoms with Crippen LogP contribution in [-0.2, 0) is 9.59 Å². The van der Waals surface area contributed by atoms with Crippen LogP contribution in [0.25, 0.3) is 0 Å². The van der Waals surface area contributed by atoms with Crippen molar-refractivity contribution in [2.45, 2.75) is 19.3 Å². The summed E-state index contributed by atoms with van der Waals surface area (Å²) in [5.41, 5.74) is -1.22. The first-order chi connectivity index (χ1) is 7.02. The maximum atomic E-state index is 11.1. The quantitative estimate of drug-likeness (QED) is 0.665. The summed E-state index contributed by atoms with van der Waals surface area (Å²) in [5, 5.41) is 17.8. The van der Waals surface area contributed by atoms with Gasteiger partial charge in [-0.25, -0.2) is 4.79 Å². The number of nitrogens with zero attached hydrogens (tertiary/aromatic N) is 1. The minimum Gasteiger partial charge on any atom is -0.481 e. The van der Waals surface area contributed by atoms with Crippen molar-refractivity contribution in [3.8, 4) is 0 Å². The first-order valence-corrected chi connectivity index (χ1v) is 4.67. The molecule has 1 unspecified atom stereocenters. The molecule has 1 atom stereocenters. The molecule has 84 valence electrons. The number of carbonyl (C=O) groups excluding carboxylic acids is 1. The lowest BCUT2D eigenvalue weighted by atomic mass is 9.77. The third-order valence-electron chi connectivity index (χ3n) is 2.78. The number of likely N-dealkylation sites (tertiary alicyclic amines) is 1. The molecule has 1 amide bonds. The fourth-order valence-corrected chi connectivity index (χ4v) is 1.88. The number of aliphatic carboxylic acids is 1. The van der Waals surface area contributed by atoms with E-state index in [-0.39, 0.29) is 13.0 Å². The van der Waals surface area contributed by atoms with Crippen molar-refractivity contribution in [2.75, 3.05) is 13.1 Å². The Labute approximate surface area is 86.5 Å². The van der Waals surface area contributed by atoms with Crippen LogP contribution in [0.2, 0.25) is 0 Å². The zero-order valence-corrected chi connectivity index (χ0v) is 8.18. The van der Waals surface area contributed by atoms with Crippen molar-refractivity contribution in [2.24, 2.45) is 5.41 Å². The summed E-state index contributed by atoms with van der Waals surface area (Å²) in [6.45, 7) is 0.236. The van der Waals surface area contributed by atoms with Gasteiger partial charge in [0, 0.05) is 19.5 Å². The zero-order valence-electron chi connectivity index (χ0n) is 8.18. The topological polar surface area (TPSA) is 94.9 Å². The number of hydrogen-bond donors (Lipinski definition) is 2. The Morgan fingerprint density at radius 2 is 2.07 bits per heavy atom. The predicted molar refractivity (Wildman–Crippen MR) is 49.6 cm³/mol. The Kier molecular flexibility index (Phi) is 3.28. The molecule has 0 aliphatic carbocycles. The number of aldehydes is 1. The van der Waals surface area contributed by atoms with Crippen LogP contribution in [-0.4, -0.2) is 46.6 Å². The molecule has 0 aromatic heterocycles. The van der Waals surface area contributed by atoms with Gasteiger partial charge in [0.05, 0.1) is 5.41 Å². The van der Waals surface area contributed by atoms with E-state index in [0.29, 0.717) is 25.7 Å². The molecule has 1 heterocycles. The lowest BCUT2D eigenvalue weighted by molar-refractivity contribution is -0.153. The zero-order chi connectivity index (χ0) is 11.5. The second-order valence-corrected chi connectivity index (χ2v) is 3.76. The van der Waals surface area contributed by atoms with Gasteiger partial charge < -0.3 is 19.9 Å². The number of piperidine rings is 1. The van der Waals surface area contributed by atoms with Gasteiger partial charge in [-0.05, 0) is 12.8 Å². The molecule has 2 N–H and O–H groups in total. The minimum atomic E-state index is -1.22. The molecule has 0 saturated carbocycles. The number of carbonyl (C=O) groups is 3. The van der Waals surface area contributed by atoms with Gasteiger partial charge in [0.2, 0.25) is 0 Å². The van der Waals surface area contributed by atoms with Crippen molar-refractivity contribution < 1.29 is 24.6 Å². The largest absolute Gasteiger partial charge is 0.481 e. The summed E-state index contributed by atoms with van der Waals surface area (Å²) < 4.78 is 0. The number of rotatable bonds is 3. The molecule has 0 radical (unpaired) electrons. The van der Waals surface area contributed by atoms with Crippen LogP contribution >= 0.6 is 0 Å². The maximum Gasteiger partial charge on any atom is 0.407 e. The van der Waals surface area contributed by atoms with Crippen LogP contribution in [0.5, 0.6) is 0 Å². The number of carboxylic acid groups (broad SMARTS) is 2. The van der Waals surface area contributed by atoms with Crippen LogP contribution < -0.4 is 0 Å². The maximum absolute atomic E-state index is 11.1. The molecule has 1 fully saturated rings. The van der Waals surface area contributed by atoms with Crippen molar-refractivity contribution in [3.63, 3.8) is 0 Å².